The van der Waals surface area contributed by atoms with Crippen molar-refractivity contribution in [3.05, 3.63) is 56.4 Å². The Bertz CT molecular complexity index is 1090. The fraction of sp³-hybridized carbons (Fsp3) is 0.105. The quantitative estimate of drug-likeness (QED) is 0.395. The second kappa shape index (κ2) is 8.84. The number of phenolic OH excluding ortho intramolecular Hbond substituents is 1. The van der Waals surface area contributed by atoms with Gasteiger partial charge < -0.3 is 20.5 Å². The fourth-order valence-electron chi connectivity index (χ4n) is 2.64. The monoisotopic (exact) mass is 541 g/mol. The Morgan fingerprint density at radius 2 is 2.00 bits per heavy atom. The molecule has 0 aromatic heterocycles. The number of carbonyl (C=O) groups is 3. The number of amides is 4. The molecule has 0 atom stereocenters. The van der Waals surface area contributed by atoms with Crippen LogP contribution in [0.25, 0.3) is 6.08 Å². The average Bonchev–Trinajstić information content (AvgIpc) is 2.97. The highest BCUT2D eigenvalue weighted by Crippen LogP contribution is 2.42. The van der Waals surface area contributed by atoms with Crippen LogP contribution >= 0.6 is 31.9 Å². The van der Waals surface area contributed by atoms with Crippen LogP contribution < -0.4 is 15.4 Å². The molecule has 11 heteroatoms. The van der Waals surface area contributed by atoms with E-state index >= 15 is 0 Å². The van der Waals surface area contributed by atoms with Gasteiger partial charge in [0.1, 0.15) is 18.1 Å². The van der Waals surface area contributed by atoms with Crippen molar-refractivity contribution in [3.8, 4) is 11.5 Å². The molecular formula is C19H14Br2FN3O5. The number of imide groups is 1. The lowest BCUT2D eigenvalue weighted by atomic mass is 10.1. The van der Waals surface area contributed by atoms with Crippen LogP contribution in [0.4, 0.5) is 14.9 Å². The maximum absolute atomic E-state index is 13.7. The third kappa shape index (κ3) is 4.31. The van der Waals surface area contributed by atoms with Gasteiger partial charge in [-0.15, -0.1) is 0 Å². The second-order valence-corrected chi connectivity index (χ2v) is 7.64. The van der Waals surface area contributed by atoms with Crippen LogP contribution in [0.5, 0.6) is 11.5 Å². The van der Waals surface area contributed by atoms with E-state index in [0.29, 0.717) is 19.4 Å². The van der Waals surface area contributed by atoms with E-state index in [1.807, 2.05) is 0 Å². The van der Waals surface area contributed by atoms with Gasteiger partial charge >= 0.3 is 6.03 Å². The summed E-state index contributed by atoms with van der Waals surface area (Å²) in [5.74, 6) is -2.10. The highest BCUT2D eigenvalue weighted by atomic mass is 79.9. The molecule has 8 nitrogen and oxygen atoms in total. The van der Waals surface area contributed by atoms with E-state index in [1.54, 1.807) is 0 Å². The molecule has 156 valence electrons. The van der Waals surface area contributed by atoms with Crippen LogP contribution in [0.2, 0.25) is 0 Å². The summed E-state index contributed by atoms with van der Waals surface area (Å²) in [5.41, 5.74) is 0.284. The minimum atomic E-state index is -0.795. The normalized spacial score (nSPS) is 14.8. The van der Waals surface area contributed by atoms with Gasteiger partial charge in [0.15, 0.2) is 11.5 Å². The van der Waals surface area contributed by atoms with Gasteiger partial charge in [-0.2, -0.15) is 0 Å². The molecule has 30 heavy (non-hydrogen) atoms. The van der Waals surface area contributed by atoms with Crippen molar-refractivity contribution in [1.82, 2.24) is 10.2 Å². The van der Waals surface area contributed by atoms with Crippen LogP contribution in [-0.4, -0.2) is 41.5 Å². The molecule has 1 heterocycles. The van der Waals surface area contributed by atoms with Crippen LogP contribution in [0.15, 0.2) is 45.0 Å². The molecule has 0 unspecified atom stereocenters. The minimum absolute atomic E-state index is 0.0599. The lowest BCUT2D eigenvalue weighted by Crippen LogP contribution is -2.38. The number of nitrogens with one attached hydrogen (secondary N) is 2. The van der Waals surface area contributed by atoms with Gasteiger partial charge in [0.05, 0.1) is 17.3 Å². The highest BCUT2D eigenvalue weighted by molar-refractivity contribution is 9.13. The predicted molar refractivity (Wildman–Crippen MR) is 113 cm³/mol. The largest absolute Gasteiger partial charge is 0.503 e. The summed E-state index contributed by atoms with van der Waals surface area (Å²) >= 11 is 6.50. The fourth-order valence-corrected chi connectivity index (χ4v) is 3.48. The molecule has 0 spiro atoms. The van der Waals surface area contributed by atoms with Crippen LogP contribution in [0.3, 0.4) is 0 Å². The Balaban J connectivity index is 1.80. The topological polar surface area (TPSA) is 108 Å². The summed E-state index contributed by atoms with van der Waals surface area (Å²) in [6.07, 6.45) is 1.37. The van der Waals surface area contributed by atoms with E-state index < -0.39 is 30.2 Å². The van der Waals surface area contributed by atoms with Crippen LogP contribution in [0.1, 0.15) is 5.56 Å². The number of urea groups is 1. The second-order valence-electron chi connectivity index (χ2n) is 6.05. The first kappa shape index (κ1) is 21.8. The minimum Gasteiger partial charge on any atom is -0.503 e. The lowest BCUT2D eigenvalue weighted by molar-refractivity contribution is -0.127. The number of phenols is 1. The van der Waals surface area contributed by atoms with Gasteiger partial charge in [0.2, 0.25) is 5.91 Å². The van der Waals surface area contributed by atoms with E-state index in [0.717, 1.165) is 0 Å². The molecule has 0 saturated carbocycles. The van der Waals surface area contributed by atoms with Gasteiger partial charge in [-0.3, -0.25) is 9.59 Å². The van der Waals surface area contributed by atoms with Crippen molar-refractivity contribution in [2.45, 2.75) is 0 Å². The van der Waals surface area contributed by atoms with E-state index in [2.05, 4.69) is 42.5 Å². The summed E-state index contributed by atoms with van der Waals surface area (Å²) in [5, 5.41) is 14.7. The molecule has 2 aromatic carbocycles. The zero-order chi connectivity index (χ0) is 22.0. The molecule has 1 fully saturated rings. The Morgan fingerprint density at radius 3 is 2.67 bits per heavy atom. The highest BCUT2D eigenvalue weighted by Gasteiger charge is 2.35. The van der Waals surface area contributed by atoms with Crippen molar-refractivity contribution in [2.24, 2.45) is 0 Å². The first-order chi connectivity index (χ1) is 14.2. The van der Waals surface area contributed by atoms with E-state index in [9.17, 15) is 23.9 Å². The smallest absolute Gasteiger partial charge is 0.329 e. The lowest BCUT2D eigenvalue weighted by Gasteiger charge is -2.12. The summed E-state index contributed by atoms with van der Waals surface area (Å²) in [6, 6.07) is 6.20. The Morgan fingerprint density at radius 1 is 1.30 bits per heavy atom. The van der Waals surface area contributed by atoms with Gasteiger partial charge in [-0.1, -0.05) is 12.1 Å². The number of hydrogen-bond acceptors (Lipinski definition) is 5. The zero-order valence-corrected chi connectivity index (χ0v) is 18.5. The summed E-state index contributed by atoms with van der Waals surface area (Å²) < 4.78 is 19.5. The average molecular weight is 543 g/mol. The number of halogens is 3. The SMILES string of the molecule is COc1cc(/C=C2/NC(=O)N(CC(=O)Nc3ccccc3F)C2=O)c(Br)c(Br)c1O. The molecule has 0 bridgehead atoms. The number of carbonyl (C=O) groups excluding carboxylic acids is 3. The van der Waals surface area contributed by atoms with Crippen LogP contribution in [-0.2, 0) is 9.59 Å². The van der Waals surface area contributed by atoms with Crippen molar-refractivity contribution in [3.63, 3.8) is 0 Å². The molecule has 1 aliphatic rings. The third-order valence-corrected chi connectivity index (χ3v) is 6.26. The van der Waals surface area contributed by atoms with Crippen LogP contribution in [0, 0.1) is 5.82 Å². The van der Waals surface area contributed by atoms with Crippen molar-refractivity contribution < 1.29 is 28.6 Å². The number of rotatable bonds is 5. The Hall–Kier alpha value is -2.92. The standard InChI is InChI=1S/C19H14Br2FN3O5/c1-30-13-7-9(15(20)16(21)17(13)27)6-12-18(28)25(19(29)24-12)8-14(26)23-11-5-3-2-4-10(11)22/h2-7,27H,8H2,1H3,(H,23,26)(H,24,29)/b12-6+. The summed E-state index contributed by atoms with van der Waals surface area (Å²) in [6.45, 7) is -0.597. The van der Waals surface area contributed by atoms with Crippen molar-refractivity contribution >= 4 is 61.5 Å². The summed E-state index contributed by atoms with van der Waals surface area (Å²) in [4.78, 5) is 37.7. The molecule has 3 rings (SSSR count). The first-order valence-electron chi connectivity index (χ1n) is 8.36. The van der Waals surface area contributed by atoms with E-state index in [1.165, 1.54) is 43.5 Å². The number of anilines is 1. The maximum atomic E-state index is 13.7. The number of ether oxygens (including phenoxy) is 1. The molecule has 1 aliphatic heterocycles. The number of aromatic hydroxyl groups is 1. The molecule has 1 saturated heterocycles. The van der Waals surface area contributed by atoms with Gasteiger partial charge in [0, 0.05) is 4.47 Å². The molecule has 4 amide bonds. The van der Waals surface area contributed by atoms with Gasteiger partial charge in [0.25, 0.3) is 5.91 Å². The number of para-hydroxylation sites is 1. The Kier molecular flexibility index (Phi) is 6.42. The molecule has 3 N–H and O–H groups in total. The Labute approximate surface area is 187 Å². The first-order valence-corrected chi connectivity index (χ1v) is 9.95. The maximum Gasteiger partial charge on any atom is 0.329 e. The molecule has 2 aromatic rings. The zero-order valence-electron chi connectivity index (χ0n) is 15.3. The molecule has 0 aliphatic carbocycles. The number of benzene rings is 2. The van der Waals surface area contributed by atoms with Gasteiger partial charge in [-0.05, 0) is 61.7 Å². The predicted octanol–water partition coefficient (Wildman–Crippen LogP) is 3.60. The van der Waals surface area contributed by atoms with E-state index in [-0.39, 0.29) is 22.9 Å². The van der Waals surface area contributed by atoms with Crippen molar-refractivity contribution in [2.75, 3.05) is 19.0 Å². The van der Waals surface area contributed by atoms with E-state index in [4.69, 9.17) is 4.74 Å². The molecule has 0 radical (unpaired) electrons. The third-order valence-electron chi connectivity index (χ3n) is 4.11. The number of nitrogens with zero attached hydrogens (tertiary/aromatic N) is 1. The summed E-state index contributed by atoms with van der Waals surface area (Å²) in [7, 11) is 1.37. The van der Waals surface area contributed by atoms with Crippen molar-refractivity contribution in [1.29, 1.82) is 0 Å². The van der Waals surface area contributed by atoms with Gasteiger partial charge in [-0.25, -0.2) is 14.1 Å². The molecular weight excluding hydrogens is 529 g/mol. The number of methoxy groups -OCH3 is 1. The number of hydrogen-bond donors (Lipinski definition) is 3.